The highest BCUT2D eigenvalue weighted by Crippen LogP contribution is 2.32. The minimum Gasteiger partial charge on any atom is -0.496 e. The molecule has 0 radical (unpaired) electrons. The predicted molar refractivity (Wildman–Crippen MR) is 106 cm³/mol. The number of benzene rings is 2. The van der Waals surface area contributed by atoms with Gasteiger partial charge in [0.25, 0.3) is 5.91 Å². The van der Waals surface area contributed by atoms with Crippen LogP contribution in [0.15, 0.2) is 48.5 Å². The molecule has 0 saturated carbocycles. The van der Waals surface area contributed by atoms with Crippen molar-refractivity contribution in [1.29, 1.82) is 0 Å². The molecule has 2 aromatic rings. The number of alkyl halides is 3. The minimum absolute atomic E-state index is 0.000738. The maximum atomic E-state index is 12.8. The summed E-state index contributed by atoms with van der Waals surface area (Å²) < 4.78 is 49.1. The molecule has 30 heavy (non-hydrogen) atoms. The van der Waals surface area contributed by atoms with E-state index in [1.165, 1.54) is 12.1 Å². The molecule has 0 aromatic heterocycles. The summed E-state index contributed by atoms with van der Waals surface area (Å²) in [6.07, 6.45) is -2.27. The molecule has 1 unspecified atom stereocenters. The van der Waals surface area contributed by atoms with Crippen molar-refractivity contribution in [3.63, 3.8) is 0 Å². The van der Waals surface area contributed by atoms with Crippen molar-refractivity contribution in [1.82, 2.24) is 10.2 Å². The smallest absolute Gasteiger partial charge is 0.416 e. The Morgan fingerprint density at radius 1 is 1.13 bits per heavy atom. The Hall–Kier alpha value is -2.74. The van der Waals surface area contributed by atoms with Crippen LogP contribution in [0.4, 0.5) is 13.2 Å². The normalized spacial score (nSPS) is 15.6. The number of halogens is 3. The molecule has 8 heteroatoms. The van der Waals surface area contributed by atoms with E-state index in [-0.39, 0.29) is 18.4 Å². The lowest BCUT2D eigenvalue weighted by molar-refractivity contribution is -0.137. The first-order chi connectivity index (χ1) is 14.4. The third kappa shape index (κ3) is 5.66. The average Bonchev–Trinajstić information content (AvgIpc) is 3.27. The van der Waals surface area contributed by atoms with Crippen LogP contribution >= 0.6 is 0 Å². The number of carbonyl (C=O) groups is 1. The van der Waals surface area contributed by atoms with Crippen molar-refractivity contribution >= 4 is 5.91 Å². The third-order valence-corrected chi connectivity index (χ3v) is 5.10. The van der Waals surface area contributed by atoms with Crippen LogP contribution in [0.2, 0.25) is 0 Å². The van der Waals surface area contributed by atoms with Gasteiger partial charge in [0.2, 0.25) is 0 Å². The number of carbonyl (C=O) groups excluding carboxylic acids is 1. The zero-order valence-corrected chi connectivity index (χ0v) is 16.7. The Morgan fingerprint density at radius 2 is 1.87 bits per heavy atom. The molecule has 1 atom stereocenters. The first kappa shape index (κ1) is 22.0. The van der Waals surface area contributed by atoms with Gasteiger partial charge in [0.1, 0.15) is 11.5 Å². The lowest BCUT2D eigenvalue weighted by atomic mass is 10.0. The number of nitrogens with zero attached hydrogens (tertiary/aromatic N) is 1. The summed E-state index contributed by atoms with van der Waals surface area (Å²) in [5, 5.41) is 2.84. The van der Waals surface area contributed by atoms with Crippen molar-refractivity contribution in [2.45, 2.75) is 25.1 Å². The molecule has 1 saturated heterocycles. The Morgan fingerprint density at radius 3 is 2.57 bits per heavy atom. The lowest BCUT2D eigenvalue weighted by Crippen LogP contribution is -2.38. The van der Waals surface area contributed by atoms with Crippen molar-refractivity contribution < 1.29 is 27.4 Å². The van der Waals surface area contributed by atoms with E-state index in [0.717, 1.165) is 49.4 Å². The van der Waals surface area contributed by atoms with E-state index in [2.05, 4.69) is 10.2 Å². The van der Waals surface area contributed by atoms with Crippen molar-refractivity contribution in [2.75, 3.05) is 33.4 Å². The number of hydrogen-bond acceptors (Lipinski definition) is 4. The first-order valence-corrected chi connectivity index (χ1v) is 9.82. The van der Waals surface area contributed by atoms with E-state index >= 15 is 0 Å². The van der Waals surface area contributed by atoms with Gasteiger partial charge in [-0.15, -0.1) is 0 Å². The molecule has 1 aliphatic heterocycles. The van der Waals surface area contributed by atoms with Crippen LogP contribution in [0.5, 0.6) is 11.5 Å². The summed E-state index contributed by atoms with van der Waals surface area (Å²) in [7, 11) is 1.61. The van der Waals surface area contributed by atoms with Gasteiger partial charge in [-0.25, -0.2) is 0 Å². The molecule has 0 spiro atoms. The van der Waals surface area contributed by atoms with Crippen molar-refractivity contribution in [3.8, 4) is 11.5 Å². The molecule has 3 rings (SSSR count). The van der Waals surface area contributed by atoms with Gasteiger partial charge in [-0.3, -0.25) is 9.69 Å². The average molecular weight is 422 g/mol. The standard InChI is InChI=1S/C22H25F3N2O3/c1-29-20-10-3-2-9-18(20)19(27-11-4-5-12-27)14-26-21(28)15-30-17-8-6-7-16(13-17)22(23,24)25/h2-3,6-10,13,19H,4-5,11-12,14-15H2,1H3,(H,26,28). The SMILES string of the molecule is COc1ccccc1C(CNC(=O)COc1cccc(C(F)(F)F)c1)N1CCCC1. The Balaban J connectivity index is 1.61. The first-order valence-electron chi connectivity index (χ1n) is 9.82. The van der Waals surface area contributed by atoms with Gasteiger partial charge in [-0.05, 0) is 50.2 Å². The topological polar surface area (TPSA) is 50.8 Å². The van der Waals surface area contributed by atoms with Crippen molar-refractivity contribution in [2.24, 2.45) is 0 Å². The molecule has 0 bridgehead atoms. The summed E-state index contributed by atoms with van der Waals surface area (Å²) in [6.45, 7) is 1.85. The largest absolute Gasteiger partial charge is 0.496 e. The van der Waals surface area contributed by atoms with Crippen LogP contribution in [-0.2, 0) is 11.0 Å². The molecule has 2 aromatic carbocycles. The molecule has 0 aliphatic carbocycles. The van der Waals surface area contributed by atoms with E-state index in [1.54, 1.807) is 7.11 Å². The molecule has 1 amide bonds. The summed E-state index contributed by atoms with van der Waals surface area (Å²) in [4.78, 5) is 14.6. The van der Waals surface area contributed by atoms with E-state index in [4.69, 9.17) is 9.47 Å². The van der Waals surface area contributed by atoms with Crippen molar-refractivity contribution in [3.05, 3.63) is 59.7 Å². The van der Waals surface area contributed by atoms with Gasteiger partial charge < -0.3 is 14.8 Å². The Labute approximate surface area is 173 Å². The van der Waals surface area contributed by atoms with Gasteiger partial charge in [-0.1, -0.05) is 24.3 Å². The van der Waals surface area contributed by atoms with Gasteiger partial charge >= 0.3 is 6.18 Å². The summed E-state index contributed by atoms with van der Waals surface area (Å²) in [6, 6.07) is 12.1. The fourth-order valence-corrected chi connectivity index (χ4v) is 3.60. The number of hydrogen-bond donors (Lipinski definition) is 1. The number of likely N-dealkylation sites (tertiary alicyclic amines) is 1. The summed E-state index contributed by atoms with van der Waals surface area (Å²) in [5.74, 6) is 0.358. The highest BCUT2D eigenvalue weighted by Gasteiger charge is 2.30. The zero-order valence-electron chi connectivity index (χ0n) is 16.7. The van der Waals surface area contributed by atoms with Crippen LogP contribution < -0.4 is 14.8 Å². The second kappa shape index (κ2) is 9.84. The number of para-hydroxylation sites is 1. The predicted octanol–water partition coefficient (Wildman–Crippen LogP) is 4.05. The van der Waals surface area contributed by atoms with Crippen LogP contribution in [0.3, 0.4) is 0 Å². The molecule has 1 N–H and O–H groups in total. The minimum atomic E-state index is -4.46. The zero-order chi connectivity index (χ0) is 21.6. The van der Waals surface area contributed by atoms with E-state index in [0.29, 0.717) is 6.54 Å². The van der Waals surface area contributed by atoms with Crippen LogP contribution in [0.25, 0.3) is 0 Å². The van der Waals surface area contributed by atoms with E-state index < -0.39 is 17.6 Å². The highest BCUT2D eigenvalue weighted by atomic mass is 19.4. The molecular weight excluding hydrogens is 397 g/mol. The van der Waals surface area contributed by atoms with Crippen LogP contribution in [0, 0.1) is 0 Å². The monoisotopic (exact) mass is 422 g/mol. The summed E-state index contributed by atoms with van der Waals surface area (Å²) >= 11 is 0. The highest BCUT2D eigenvalue weighted by molar-refractivity contribution is 5.77. The molecule has 1 heterocycles. The maximum absolute atomic E-state index is 12.8. The number of nitrogens with one attached hydrogen (secondary N) is 1. The number of methoxy groups -OCH3 is 1. The molecule has 162 valence electrons. The number of rotatable bonds is 8. The van der Waals surface area contributed by atoms with Crippen LogP contribution in [0.1, 0.15) is 30.0 Å². The van der Waals surface area contributed by atoms with E-state index in [1.807, 2.05) is 24.3 Å². The quantitative estimate of drug-likeness (QED) is 0.698. The maximum Gasteiger partial charge on any atom is 0.416 e. The van der Waals surface area contributed by atoms with Gasteiger partial charge in [0, 0.05) is 12.1 Å². The molecule has 5 nitrogen and oxygen atoms in total. The lowest BCUT2D eigenvalue weighted by Gasteiger charge is -2.29. The van der Waals surface area contributed by atoms with Crippen LogP contribution in [-0.4, -0.2) is 44.2 Å². The molecule has 1 fully saturated rings. The second-order valence-electron chi connectivity index (χ2n) is 7.12. The molecular formula is C22H25F3N2O3. The second-order valence-corrected chi connectivity index (χ2v) is 7.12. The fourth-order valence-electron chi connectivity index (χ4n) is 3.60. The fraction of sp³-hybridized carbons (Fsp3) is 0.409. The third-order valence-electron chi connectivity index (χ3n) is 5.10. The number of amides is 1. The number of ether oxygens (including phenoxy) is 2. The van der Waals surface area contributed by atoms with E-state index in [9.17, 15) is 18.0 Å². The summed E-state index contributed by atoms with van der Waals surface area (Å²) in [5.41, 5.74) is 0.173. The van der Waals surface area contributed by atoms with Gasteiger partial charge in [0.05, 0.1) is 18.7 Å². The Bertz CT molecular complexity index is 852. The Kier molecular flexibility index (Phi) is 7.20. The molecule has 1 aliphatic rings. The van der Waals surface area contributed by atoms with Gasteiger partial charge in [-0.2, -0.15) is 13.2 Å². The van der Waals surface area contributed by atoms with Gasteiger partial charge in [0.15, 0.2) is 6.61 Å².